The van der Waals surface area contributed by atoms with E-state index in [-0.39, 0.29) is 24.4 Å². The Morgan fingerprint density at radius 1 is 1.42 bits per heavy atom. The van der Waals surface area contributed by atoms with Gasteiger partial charge in [-0.05, 0) is 18.9 Å². The lowest BCUT2D eigenvalue weighted by Crippen LogP contribution is -2.44. The molecule has 0 bridgehead atoms. The van der Waals surface area contributed by atoms with Gasteiger partial charge in [-0.2, -0.15) is 5.26 Å². The number of amides is 1. The number of rotatable bonds is 3. The van der Waals surface area contributed by atoms with Crippen molar-refractivity contribution in [2.24, 2.45) is 0 Å². The van der Waals surface area contributed by atoms with E-state index in [1.807, 2.05) is 25.1 Å². The molecule has 1 saturated heterocycles. The lowest BCUT2D eigenvalue weighted by molar-refractivity contribution is -0.125. The summed E-state index contributed by atoms with van der Waals surface area (Å²) in [6, 6.07) is 12.0. The molecule has 1 N–H and O–H groups in total. The Hall–Kier alpha value is -1.86. The van der Waals surface area contributed by atoms with Crippen molar-refractivity contribution in [3.63, 3.8) is 0 Å². The molecular formula is C15H19N3O. The van der Waals surface area contributed by atoms with E-state index >= 15 is 0 Å². The van der Waals surface area contributed by atoms with Gasteiger partial charge in [0.05, 0.1) is 12.5 Å². The summed E-state index contributed by atoms with van der Waals surface area (Å²) < 4.78 is 0. The Morgan fingerprint density at radius 3 is 2.84 bits per heavy atom. The van der Waals surface area contributed by atoms with Gasteiger partial charge in [-0.1, -0.05) is 30.3 Å². The molecule has 2 unspecified atom stereocenters. The van der Waals surface area contributed by atoms with E-state index in [1.165, 1.54) is 5.56 Å². The molecule has 1 aliphatic rings. The molecule has 4 heteroatoms. The Balaban J connectivity index is 2.14. The topological polar surface area (TPSA) is 56.1 Å². The highest BCUT2D eigenvalue weighted by Gasteiger charge is 2.29. The Labute approximate surface area is 114 Å². The van der Waals surface area contributed by atoms with Gasteiger partial charge in [-0.3, -0.25) is 9.69 Å². The van der Waals surface area contributed by atoms with Crippen molar-refractivity contribution in [1.82, 2.24) is 10.2 Å². The molecule has 19 heavy (non-hydrogen) atoms. The second kappa shape index (κ2) is 6.35. The number of nitrogens with one attached hydrogen (secondary N) is 1. The van der Waals surface area contributed by atoms with E-state index in [9.17, 15) is 4.79 Å². The van der Waals surface area contributed by atoms with Crippen molar-refractivity contribution in [2.75, 3.05) is 6.54 Å². The Morgan fingerprint density at radius 2 is 2.16 bits per heavy atom. The van der Waals surface area contributed by atoms with Crippen molar-refractivity contribution < 1.29 is 4.79 Å². The van der Waals surface area contributed by atoms with Crippen LogP contribution in [0.5, 0.6) is 0 Å². The molecule has 0 radical (unpaired) electrons. The summed E-state index contributed by atoms with van der Waals surface area (Å²) in [4.78, 5) is 14.2. The largest absolute Gasteiger partial charge is 0.352 e. The third-order valence-corrected chi connectivity index (χ3v) is 3.49. The first-order valence-electron chi connectivity index (χ1n) is 6.66. The summed E-state index contributed by atoms with van der Waals surface area (Å²) in [7, 11) is 0. The average molecular weight is 257 g/mol. The van der Waals surface area contributed by atoms with Gasteiger partial charge in [-0.15, -0.1) is 0 Å². The van der Waals surface area contributed by atoms with Crippen molar-refractivity contribution in [3.05, 3.63) is 35.9 Å². The quantitative estimate of drug-likeness (QED) is 0.896. The first-order valence-corrected chi connectivity index (χ1v) is 6.66. The monoisotopic (exact) mass is 257 g/mol. The molecule has 2 rings (SSSR count). The third kappa shape index (κ3) is 3.55. The van der Waals surface area contributed by atoms with Crippen LogP contribution in [-0.2, 0) is 11.3 Å². The number of hydrogen-bond acceptors (Lipinski definition) is 3. The second-order valence-electron chi connectivity index (χ2n) is 5.03. The summed E-state index contributed by atoms with van der Waals surface area (Å²) >= 11 is 0. The molecule has 1 amide bonds. The van der Waals surface area contributed by atoms with E-state index in [0.717, 1.165) is 13.0 Å². The molecule has 1 aromatic carbocycles. The van der Waals surface area contributed by atoms with Crippen molar-refractivity contribution >= 4 is 5.91 Å². The van der Waals surface area contributed by atoms with Gasteiger partial charge >= 0.3 is 0 Å². The van der Waals surface area contributed by atoms with Crippen LogP contribution in [0.2, 0.25) is 0 Å². The maximum atomic E-state index is 12.1. The summed E-state index contributed by atoms with van der Waals surface area (Å²) in [5.41, 5.74) is 1.17. The van der Waals surface area contributed by atoms with Crippen LogP contribution in [-0.4, -0.2) is 29.4 Å². The van der Waals surface area contributed by atoms with E-state index in [4.69, 9.17) is 5.26 Å². The minimum Gasteiger partial charge on any atom is -0.352 e. The molecule has 1 heterocycles. The maximum Gasteiger partial charge on any atom is 0.238 e. The highest BCUT2D eigenvalue weighted by Crippen LogP contribution is 2.15. The van der Waals surface area contributed by atoms with E-state index < -0.39 is 0 Å². The van der Waals surface area contributed by atoms with Crippen LogP contribution < -0.4 is 5.32 Å². The zero-order chi connectivity index (χ0) is 13.7. The molecule has 0 aromatic heterocycles. The summed E-state index contributed by atoms with van der Waals surface area (Å²) in [6.07, 6.45) is 1.16. The molecule has 1 fully saturated rings. The van der Waals surface area contributed by atoms with Gasteiger partial charge in [0.1, 0.15) is 6.04 Å². The minimum atomic E-state index is -0.338. The van der Waals surface area contributed by atoms with Crippen LogP contribution in [0.4, 0.5) is 0 Å². The molecule has 0 aliphatic carbocycles. The smallest absolute Gasteiger partial charge is 0.238 e. The lowest BCUT2D eigenvalue weighted by Gasteiger charge is -2.26. The number of nitrogens with zero attached hydrogens (tertiary/aromatic N) is 2. The van der Waals surface area contributed by atoms with E-state index in [1.54, 1.807) is 0 Å². The zero-order valence-electron chi connectivity index (χ0n) is 11.2. The SMILES string of the molecule is CC1CCN(Cc2ccccc2)C(CC#N)C(=O)N1. The normalized spacial score (nSPS) is 24.3. The maximum absolute atomic E-state index is 12.1. The van der Waals surface area contributed by atoms with Gasteiger partial charge in [0.15, 0.2) is 0 Å². The minimum absolute atomic E-state index is 0.0255. The molecule has 1 aromatic rings. The third-order valence-electron chi connectivity index (χ3n) is 3.49. The summed E-state index contributed by atoms with van der Waals surface area (Å²) in [5.74, 6) is -0.0255. The van der Waals surface area contributed by atoms with Gasteiger partial charge in [0.2, 0.25) is 5.91 Å². The second-order valence-corrected chi connectivity index (χ2v) is 5.03. The van der Waals surface area contributed by atoms with Gasteiger partial charge in [-0.25, -0.2) is 0 Å². The molecule has 0 saturated carbocycles. The van der Waals surface area contributed by atoms with Crippen LogP contribution in [0.1, 0.15) is 25.3 Å². The predicted molar refractivity (Wildman–Crippen MR) is 73.1 cm³/mol. The molecule has 0 spiro atoms. The lowest BCUT2D eigenvalue weighted by atomic mass is 10.1. The fraction of sp³-hybridized carbons (Fsp3) is 0.467. The number of carbonyl (C=O) groups is 1. The van der Waals surface area contributed by atoms with Crippen LogP contribution in [0.15, 0.2) is 30.3 Å². The first kappa shape index (κ1) is 13.6. The van der Waals surface area contributed by atoms with Crippen LogP contribution in [0.25, 0.3) is 0 Å². The summed E-state index contributed by atoms with van der Waals surface area (Å²) in [5, 5.41) is 11.9. The van der Waals surface area contributed by atoms with Gasteiger partial charge in [0.25, 0.3) is 0 Å². The molecule has 100 valence electrons. The molecule has 1 aliphatic heterocycles. The zero-order valence-corrected chi connectivity index (χ0v) is 11.2. The number of benzene rings is 1. The van der Waals surface area contributed by atoms with Gasteiger partial charge in [0, 0.05) is 19.1 Å². The van der Waals surface area contributed by atoms with E-state index in [2.05, 4.69) is 28.4 Å². The van der Waals surface area contributed by atoms with Crippen molar-refractivity contribution in [3.8, 4) is 6.07 Å². The van der Waals surface area contributed by atoms with E-state index in [0.29, 0.717) is 6.54 Å². The van der Waals surface area contributed by atoms with Crippen LogP contribution in [0.3, 0.4) is 0 Å². The number of hydrogen-bond donors (Lipinski definition) is 1. The Kier molecular flexibility index (Phi) is 4.53. The predicted octanol–water partition coefficient (Wildman–Crippen LogP) is 1.68. The number of nitriles is 1. The highest BCUT2D eigenvalue weighted by molar-refractivity contribution is 5.82. The molecule has 2 atom stereocenters. The average Bonchev–Trinajstić information content (AvgIpc) is 2.53. The van der Waals surface area contributed by atoms with Gasteiger partial charge < -0.3 is 5.32 Å². The van der Waals surface area contributed by atoms with Crippen molar-refractivity contribution in [2.45, 2.75) is 38.4 Å². The standard InChI is InChI=1S/C15H19N3O/c1-12-8-10-18(11-13-5-3-2-4-6-13)14(7-9-16)15(19)17-12/h2-6,12,14H,7-8,10-11H2,1H3,(H,17,19). The number of carbonyl (C=O) groups excluding carboxylic acids is 1. The fourth-order valence-corrected chi connectivity index (χ4v) is 2.41. The molecule has 4 nitrogen and oxygen atoms in total. The summed E-state index contributed by atoms with van der Waals surface area (Å²) in [6.45, 7) is 3.56. The molecular weight excluding hydrogens is 238 g/mol. The van der Waals surface area contributed by atoms with Crippen molar-refractivity contribution in [1.29, 1.82) is 5.26 Å². The Bertz CT molecular complexity index is 466. The van der Waals surface area contributed by atoms with Crippen LogP contribution in [0, 0.1) is 11.3 Å². The first-order chi connectivity index (χ1) is 9.20. The highest BCUT2D eigenvalue weighted by atomic mass is 16.2. The van der Waals surface area contributed by atoms with Crippen LogP contribution >= 0.6 is 0 Å². The fourth-order valence-electron chi connectivity index (χ4n) is 2.41.